The van der Waals surface area contributed by atoms with Crippen LogP contribution in [0.5, 0.6) is 5.75 Å². The van der Waals surface area contributed by atoms with Gasteiger partial charge in [-0.25, -0.2) is 4.39 Å². The van der Waals surface area contributed by atoms with Gasteiger partial charge in [-0.15, -0.1) is 0 Å². The van der Waals surface area contributed by atoms with Gasteiger partial charge in [-0.05, 0) is 73.2 Å². The summed E-state index contributed by atoms with van der Waals surface area (Å²) in [5.41, 5.74) is 2.34. The zero-order chi connectivity index (χ0) is 18.6. The van der Waals surface area contributed by atoms with Crippen LogP contribution in [0, 0.1) is 12.7 Å². The highest BCUT2D eigenvalue weighted by Crippen LogP contribution is 2.20. The molecule has 0 amide bonds. The number of hydrogen-bond acceptors (Lipinski definition) is 4. The van der Waals surface area contributed by atoms with E-state index in [1.54, 1.807) is 54.7 Å². The van der Waals surface area contributed by atoms with Gasteiger partial charge in [-0.3, -0.25) is 4.99 Å². The van der Waals surface area contributed by atoms with Crippen molar-refractivity contribution in [2.45, 2.75) is 11.8 Å². The molecule has 3 aromatic rings. The van der Waals surface area contributed by atoms with Crippen LogP contribution in [-0.4, -0.2) is 14.6 Å². The summed E-state index contributed by atoms with van der Waals surface area (Å²) in [6.45, 7) is 1.88. The van der Waals surface area contributed by atoms with Crippen molar-refractivity contribution < 1.29 is 17.0 Å². The number of hydrogen-bond donors (Lipinski definition) is 0. The summed E-state index contributed by atoms with van der Waals surface area (Å²) in [6.07, 6.45) is 1.60. The molecule has 0 N–H and O–H groups in total. The van der Waals surface area contributed by atoms with Gasteiger partial charge in [0.25, 0.3) is 0 Å². The first kappa shape index (κ1) is 17.8. The molecule has 0 atom stereocenters. The number of aliphatic imine (C=N–C) groups is 1. The van der Waals surface area contributed by atoms with E-state index in [0.717, 1.165) is 11.1 Å². The van der Waals surface area contributed by atoms with Gasteiger partial charge in [-0.2, -0.15) is 8.42 Å². The van der Waals surface area contributed by atoms with Gasteiger partial charge in [0.15, 0.2) is 0 Å². The molecule has 0 heterocycles. The number of benzene rings is 3. The zero-order valence-corrected chi connectivity index (χ0v) is 14.8. The second-order valence-electron chi connectivity index (χ2n) is 5.65. The Morgan fingerprint density at radius 1 is 0.885 bits per heavy atom. The van der Waals surface area contributed by atoms with Gasteiger partial charge in [0, 0.05) is 6.21 Å². The smallest absolute Gasteiger partial charge is 0.339 e. The molecule has 0 radical (unpaired) electrons. The minimum atomic E-state index is -3.87. The van der Waals surface area contributed by atoms with Crippen molar-refractivity contribution in [3.8, 4) is 5.75 Å². The number of nitrogens with zero attached hydrogens (tertiary/aromatic N) is 1. The summed E-state index contributed by atoms with van der Waals surface area (Å²) < 4.78 is 42.5. The quantitative estimate of drug-likeness (QED) is 0.486. The predicted molar refractivity (Wildman–Crippen MR) is 99.1 cm³/mol. The van der Waals surface area contributed by atoms with E-state index in [1.807, 2.05) is 6.92 Å². The predicted octanol–water partition coefficient (Wildman–Crippen LogP) is 4.65. The lowest BCUT2D eigenvalue weighted by Gasteiger charge is -2.07. The van der Waals surface area contributed by atoms with E-state index in [0.29, 0.717) is 5.69 Å². The Labute approximate surface area is 151 Å². The minimum absolute atomic E-state index is 0.102. The lowest BCUT2D eigenvalue weighted by molar-refractivity contribution is 0.486. The molecule has 0 aromatic heterocycles. The third-order valence-electron chi connectivity index (χ3n) is 3.59. The van der Waals surface area contributed by atoms with Gasteiger partial charge in [-0.1, -0.05) is 17.7 Å². The summed E-state index contributed by atoms with van der Waals surface area (Å²) >= 11 is 0. The van der Waals surface area contributed by atoms with Gasteiger partial charge in [0.05, 0.1) is 5.69 Å². The molecule has 0 fully saturated rings. The molecule has 0 unspecified atom stereocenters. The SMILES string of the molecule is Cc1ccc(S(=O)(=O)Oc2ccc(/C=N/c3ccc(F)cc3)cc2)cc1. The van der Waals surface area contributed by atoms with E-state index >= 15 is 0 Å². The molecule has 3 rings (SSSR count). The Bertz CT molecular complexity index is 1010. The molecule has 0 aliphatic heterocycles. The molecule has 0 spiro atoms. The lowest BCUT2D eigenvalue weighted by Crippen LogP contribution is -2.09. The van der Waals surface area contributed by atoms with E-state index in [9.17, 15) is 12.8 Å². The van der Waals surface area contributed by atoms with Crippen LogP contribution >= 0.6 is 0 Å². The van der Waals surface area contributed by atoms with Crippen LogP contribution in [0.3, 0.4) is 0 Å². The molecule has 0 aliphatic carbocycles. The first-order valence-electron chi connectivity index (χ1n) is 7.83. The van der Waals surface area contributed by atoms with Crippen molar-refractivity contribution in [3.05, 3.63) is 89.7 Å². The maximum Gasteiger partial charge on any atom is 0.339 e. The topological polar surface area (TPSA) is 55.7 Å². The Hall–Kier alpha value is -2.99. The molecule has 0 saturated heterocycles. The maximum absolute atomic E-state index is 12.9. The maximum atomic E-state index is 12.9. The van der Waals surface area contributed by atoms with Crippen LogP contribution in [0.15, 0.2) is 82.7 Å². The van der Waals surface area contributed by atoms with Gasteiger partial charge < -0.3 is 4.18 Å². The molecule has 26 heavy (non-hydrogen) atoms. The van der Waals surface area contributed by atoms with Crippen molar-refractivity contribution in [2.24, 2.45) is 4.99 Å². The average molecular weight is 369 g/mol. The zero-order valence-electron chi connectivity index (χ0n) is 14.0. The first-order valence-corrected chi connectivity index (χ1v) is 9.24. The molecule has 4 nitrogen and oxygen atoms in total. The Morgan fingerprint density at radius 3 is 2.12 bits per heavy atom. The second-order valence-corrected chi connectivity index (χ2v) is 7.20. The van der Waals surface area contributed by atoms with Crippen LogP contribution < -0.4 is 4.18 Å². The molecule has 3 aromatic carbocycles. The summed E-state index contributed by atoms with van der Waals surface area (Å²) in [6, 6.07) is 18.7. The first-order chi connectivity index (χ1) is 12.4. The number of halogens is 1. The third kappa shape index (κ3) is 4.55. The molecule has 6 heteroatoms. The van der Waals surface area contributed by atoms with E-state index in [2.05, 4.69) is 4.99 Å². The van der Waals surface area contributed by atoms with Gasteiger partial charge >= 0.3 is 10.1 Å². The average Bonchev–Trinajstić information content (AvgIpc) is 2.62. The van der Waals surface area contributed by atoms with Gasteiger partial charge in [0.1, 0.15) is 16.5 Å². The van der Waals surface area contributed by atoms with E-state index < -0.39 is 10.1 Å². The van der Waals surface area contributed by atoms with E-state index in [1.165, 1.54) is 24.3 Å². The van der Waals surface area contributed by atoms with Crippen molar-refractivity contribution in [2.75, 3.05) is 0 Å². The Kier molecular flexibility index (Phi) is 5.14. The number of aryl methyl sites for hydroxylation is 1. The molecular weight excluding hydrogens is 353 g/mol. The fraction of sp³-hybridized carbons (Fsp3) is 0.0500. The van der Waals surface area contributed by atoms with Crippen LogP contribution in [0.4, 0.5) is 10.1 Å². The summed E-state index contributed by atoms with van der Waals surface area (Å²) in [5.74, 6) is -0.107. The van der Waals surface area contributed by atoms with Crippen molar-refractivity contribution in [1.82, 2.24) is 0 Å². The fourth-order valence-electron chi connectivity index (χ4n) is 2.17. The standard InChI is InChI=1S/C20H16FNO3S/c1-15-2-12-20(13-3-15)26(23,24)25-19-10-4-16(5-11-19)14-22-18-8-6-17(21)7-9-18/h2-14H,1H3/b22-14+. The summed E-state index contributed by atoms with van der Waals surface area (Å²) in [4.78, 5) is 4.33. The second kappa shape index (κ2) is 7.49. The highest BCUT2D eigenvalue weighted by Gasteiger charge is 2.16. The monoisotopic (exact) mass is 369 g/mol. The highest BCUT2D eigenvalue weighted by molar-refractivity contribution is 7.87. The molecule has 0 saturated carbocycles. The van der Waals surface area contributed by atoms with Gasteiger partial charge in [0.2, 0.25) is 0 Å². The van der Waals surface area contributed by atoms with Crippen LogP contribution in [0.1, 0.15) is 11.1 Å². The third-order valence-corrected chi connectivity index (χ3v) is 4.85. The van der Waals surface area contributed by atoms with Crippen molar-refractivity contribution >= 4 is 22.0 Å². The number of rotatable bonds is 5. The lowest BCUT2D eigenvalue weighted by atomic mass is 10.2. The largest absolute Gasteiger partial charge is 0.379 e. The van der Waals surface area contributed by atoms with Crippen LogP contribution in [0.2, 0.25) is 0 Å². The van der Waals surface area contributed by atoms with Crippen molar-refractivity contribution in [3.63, 3.8) is 0 Å². The Balaban J connectivity index is 1.71. The Morgan fingerprint density at radius 2 is 1.50 bits per heavy atom. The highest BCUT2D eigenvalue weighted by atomic mass is 32.2. The summed E-state index contributed by atoms with van der Waals surface area (Å²) in [7, 11) is -3.87. The van der Waals surface area contributed by atoms with Crippen LogP contribution in [0.25, 0.3) is 0 Å². The van der Waals surface area contributed by atoms with E-state index in [-0.39, 0.29) is 16.5 Å². The molecule has 0 aliphatic rings. The fourth-order valence-corrected chi connectivity index (χ4v) is 3.10. The summed E-state index contributed by atoms with van der Waals surface area (Å²) in [5, 5.41) is 0. The van der Waals surface area contributed by atoms with E-state index in [4.69, 9.17) is 4.18 Å². The molecule has 0 bridgehead atoms. The normalized spacial score (nSPS) is 11.6. The van der Waals surface area contributed by atoms with Crippen LogP contribution in [-0.2, 0) is 10.1 Å². The molecular formula is C20H16FNO3S. The minimum Gasteiger partial charge on any atom is -0.379 e. The van der Waals surface area contributed by atoms with Crippen molar-refractivity contribution in [1.29, 1.82) is 0 Å². The molecule has 132 valence electrons.